The molecule has 0 aliphatic heterocycles. The summed E-state index contributed by atoms with van der Waals surface area (Å²) in [4.78, 5) is 12.8. The second-order valence-electron chi connectivity index (χ2n) is 3.95. The molecule has 2 aromatic heterocycles. The third kappa shape index (κ3) is 2.20. The number of hydrogen-bond acceptors (Lipinski definition) is 4. The number of benzene rings is 1. The van der Waals surface area contributed by atoms with Gasteiger partial charge in [-0.05, 0) is 24.3 Å². The van der Waals surface area contributed by atoms with Crippen LogP contribution >= 0.6 is 23.2 Å². The van der Waals surface area contributed by atoms with Gasteiger partial charge in [0.05, 0.1) is 21.1 Å². The molecule has 0 fully saturated rings. The van der Waals surface area contributed by atoms with E-state index in [1.54, 1.807) is 24.5 Å². The van der Waals surface area contributed by atoms with E-state index >= 15 is 0 Å². The van der Waals surface area contributed by atoms with Gasteiger partial charge in [0.15, 0.2) is 5.82 Å². The molecule has 3 aromatic rings. The molecule has 19 heavy (non-hydrogen) atoms. The number of aromatic nitrogens is 3. The van der Waals surface area contributed by atoms with Gasteiger partial charge < -0.3 is 5.73 Å². The summed E-state index contributed by atoms with van der Waals surface area (Å²) >= 11 is 11.9. The summed E-state index contributed by atoms with van der Waals surface area (Å²) in [5.41, 5.74) is 8.57. The molecule has 6 heteroatoms. The second-order valence-corrected chi connectivity index (χ2v) is 4.77. The van der Waals surface area contributed by atoms with Crippen molar-refractivity contribution in [1.29, 1.82) is 0 Å². The maximum absolute atomic E-state index is 5.98. The third-order valence-corrected chi connectivity index (χ3v) is 3.39. The largest absolute Gasteiger partial charge is 0.382 e. The number of anilines is 1. The number of nitrogens with zero attached hydrogens (tertiary/aromatic N) is 3. The van der Waals surface area contributed by atoms with Crippen LogP contribution in [0.3, 0.4) is 0 Å². The molecule has 2 heterocycles. The highest BCUT2D eigenvalue weighted by Crippen LogP contribution is 2.29. The van der Waals surface area contributed by atoms with Crippen molar-refractivity contribution in [2.24, 2.45) is 0 Å². The number of rotatable bonds is 1. The van der Waals surface area contributed by atoms with E-state index in [0.717, 1.165) is 5.56 Å². The van der Waals surface area contributed by atoms with Crippen LogP contribution in [0.15, 0.2) is 36.7 Å². The molecule has 0 saturated heterocycles. The highest BCUT2D eigenvalue weighted by molar-refractivity contribution is 6.42. The van der Waals surface area contributed by atoms with Gasteiger partial charge in [0, 0.05) is 18.0 Å². The van der Waals surface area contributed by atoms with Crippen LogP contribution in [-0.2, 0) is 0 Å². The Morgan fingerprint density at radius 1 is 1.00 bits per heavy atom. The lowest BCUT2D eigenvalue weighted by atomic mass is 10.2. The second kappa shape index (κ2) is 4.64. The predicted octanol–water partition coefficient (Wildman–Crippen LogP) is 3.58. The molecule has 0 atom stereocenters. The first-order valence-corrected chi connectivity index (χ1v) is 6.23. The van der Waals surface area contributed by atoms with E-state index in [-0.39, 0.29) is 0 Å². The molecule has 0 unspecified atom stereocenters. The van der Waals surface area contributed by atoms with E-state index in [9.17, 15) is 0 Å². The minimum atomic E-state index is 0.332. The van der Waals surface area contributed by atoms with E-state index in [1.807, 2.05) is 12.1 Å². The van der Waals surface area contributed by atoms with Crippen LogP contribution < -0.4 is 5.73 Å². The summed E-state index contributed by atoms with van der Waals surface area (Å²) < 4.78 is 0. The van der Waals surface area contributed by atoms with E-state index in [2.05, 4.69) is 15.0 Å². The van der Waals surface area contributed by atoms with Crippen molar-refractivity contribution >= 4 is 40.1 Å². The Balaban J connectivity index is 2.27. The normalized spacial score (nSPS) is 10.8. The minimum absolute atomic E-state index is 0.332. The van der Waals surface area contributed by atoms with Gasteiger partial charge in [0.1, 0.15) is 5.69 Å². The Bertz CT molecular complexity index is 759. The molecule has 94 valence electrons. The van der Waals surface area contributed by atoms with E-state index < -0.39 is 0 Å². The van der Waals surface area contributed by atoms with Crippen molar-refractivity contribution in [3.63, 3.8) is 0 Å². The van der Waals surface area contributed by atoms with E-state index in [0.29, 0.717) is 32.6 Å². The quantitative estimate of drug-likeness (QED) is 0.744. The smallest absolute Gasteiger partial charge is 0.150 e. The molecule has 0 saturated carbocycles. The van der Waals surface area contributed by atoms with Crippen LogP contribution in [0, 0.1) is 0 Å². The van der Waals surface area contributed by atoms with E-state index in [1.165, 1.54) is 0 Å². The first-order valence-electron chi connectivity index (χ1n) is 5.48. The van der Waals surface area contributed by atoms with Gasteiger partial charge in [0.25, 0.3) is 0 Å². The maximum Gasteiger partial charge on any atom is 0.150 e. The van der Waals surface area contributed by atoms with Gasteiger partial charge in [-0.25, -0.2) is 9.97 Å². The molecule has 2 N–H and O–H groups in total. The number of fused-ring (bicyclic) bond motifs is 1. The lowest BCUT2D eigenvalue weighted by Gasteiger charge is -2.07. The molecule has 0 amide bonds. The average molecular weight is 291 g/mol. The summed E-state index contributed by atoms with van der Waals surface area (Å²) in [7, 11) is 0. The van der Waals surface area contributed by atoms with Crippen molar-refractivity contribution in [2.75, 3.05) is 5.73 Å². The maximum atomic E-state index is 5.98. The molecule has 0 aliphatic carbocycles. The molecule has 1 aromatic carbocycles. The van der Waals surface area contributed by atoms with Crippen LogP contribution in [-0.4, -0.2) is 15.0 Å². The van der Waals surface area contributed by atoms with Gasteiger partial charge in [-0.2, -0.15) is 0 Å². The van der Waals surface area contributed by atoms with E-state index in [4.69, 9.17) is 28.9 Å². The monoisotopic (exact) mass is 290 g/mol. The number of hydrogen-bond donors (Lipinski definition) is 1. The summed E-state index contributed by atoms with van der Waals surface area (Å²) in [6, 6.07) is 7.01. The Hall–Kier alpha value is -1.91. The Morgan fingerprint density at radius 3 is 2.32 bits per heavy atom. The van der Waals surface area contributed by atoms with Crippen LogP contribution in [0.4, 0.5) is 5.82 Å². The van der Waals surface area contributed by atoms with Gasteiger partial charge in [-0.3, -0.25) is 4.98 Å². The lowest BCUT2D eigenvalue weighted by molar-refractivity contribution is 1.27. The molecule has 0 spiro atoms. The predicted molar refractivity (Wildman–Crippen MR) is 77.2 cm³/mol. The number of pyridine rings is 1. The van der Waals surface area contributed by atoms with Crippen molar-refractivity contribution in [1.82, 2.24) is 15.0 Å². The Labute approximate surface area is 119 Å². The fraction of sp³-hybridized carbons (Fsp3) is 0. The standard InChI is InChI=1S/C13H8Cl2N4/c14-8-4-10-11(5-9(8)15)19-13(16)12(18-10)7-2-1-3-17-6-7/h1-6H,(H2,16,19). The summed E-state index contributed by atoms with van der Waals surface area (Å²) in [5, 5.41) is 0.863. The zero-order valence-electron chi connectivity index (χ0n) is 9.64. The summed E-state index contributed by atoms with van der Waals surface area (Å²) in [6.07, 6.45) is 3.37. The summed E-state index contributed by atoms with van der Waals surface area (Å²) in [6.45, 7) is 0. The zero-order valence-corrected chi connectivity index (χ0v) is 11.2. The molecule has 0 aliphatic rings. The van der Waals surface area contributed by atoms with Gasteiger partial charge in [0.2, 0.25) is 0 Å². The molecule has 4 nitrogen and oxygen atoms in total. The summed E-state index contributed by atoms with van der Waals surface area (Å²) in [5.74, 6) is 0.332. The van der Waals surface area contributed by atoms with Crippen LogP contribution in [0.1, 0.15) is 0 Å². The highest BCUT2D eigenvalue weighted by atomic mass is 35.5. The molecular formula is C13H8Cl2N4. The SMILES string of the molecule is Nc1nc2cc(Cl)c(Cl)cc2nc1-c1cccnc1. The Morgan fingerprint density at radius 2 is 1.68 bits per heavy atom. The van der Waals surface area contributed by atoms with Crippen molar-refractivity contribution < 1.29 is 0 Å². The van der Waals surface area contributed by atoms with Crippen molar-refractivity contribution in [2.45, 2.75) is 0 Å². The van der Waals surface area contributed by atoms with Crippen molar-refractivity contribution in [3.8, 4) is 11.3 Å². The number of nitrogen functional groups attached to an aromatic ring is 1. The average Bonchev–Trinajstić information content (AvgIpc) is 2.41. The topological polar surface area (TPSA) is 64.7 Å². The van der Waals surface area contributed by atoms with Crippen LogP contribution in [0.5, 0.6) is 0 Å². The molecular weight excluding hydrogens is 283 g/mol. The number of halogens is 2. The van der Waals surface area contributed by atoms with Gasteiger partial charge >= 0.3 is 0 Å². The molecule has 3 rings (SSSR count). The van der Waals surface area contributed by atoms with Gasteiger partial charge in [-0.1, -0.05) is 23.2 Å². The molecule has 0 radical (unpaired) electrons. The number of nitrogens with two attached hydrogens (primary N) is 1. The Kier molecular flexibility index (Phi) is 2.97. The van der Waals surface area contributed by atoms with Crippen LogP contribution in [0.2, 0.25) is 10.0 Å². The first kappa shape index (κ1) is 12.1. The minimum Gasteiger partial charge on any atom is -0.382 e. The fourth-order valence-corrected chi connectivity index (χ4v) is 2.10. The zero-order chi connectivity index (χ0) is 13.4. The highest BCUT2D eigenvalue weighted by Gasteiger charge is 2.10. The van der Waals surface area contributed by atoms with Crippen LogP contribution in [0.25, 0.3) is 22.3 Å². The fourth-order valence-electron chi connectivity index (χ4n) is 1.78. The lowest BCUT2D eigenvalue weighted by Crippen LogP contribution is -1.98. The third-order valence-electron chi connectivity index (χ3n) is 2.67. The first-order chi connectivity index (χ1) is 9.15. The van der Waals surface area contributed by atoms with Gasteiger partial charge in [-0.15, -0.1) is 0 Å². The van der Waals surface area contributed by atoms with Crippen molar-refractivity contribution in [3.05, 3.63) is 46.7 Å². The molecule has 0 bridgehead atoms.